The Hall–Kier alpha value is -2.99. The molecule has 5 nitrogen and oxygen atoms in total. The molecule has 0 fully saturated rings. The Morgan fingerprint density at radius 1 is 0.962 bits per heavy atom. The van der Waals surface area contributed by atoms with Gasteiger partial charge in [-0.25, -0.2) is 0 Å². The largest absolute Gasteiger partial charge is 0.484 e. The van der Waals surface area contributed by atoms with Crippen molar-refractivity contribution in [2.24, 2.45) is 5.73 Å². The minimum absolute atomic E-state index is 0.116. The molecule has 0 unspecified atom stereocenters. The molecule has 3 aromatic rings. The number of ether oxygens (including phenoxy) is 1. The lowest BCUT2D eigenvalue weighted by atomic mass is 10.1. The van der Waals surface area contributed by atoms with Gasteiger partial charge in [-0.3, -0.25) is 9.59 Å². The molecule has 0 spiro atoms. The molecule has 132 valence electrons. The van der Waals surface area contributed by atoms with Crippen molar-refractivity contribution in [2.75, 3.05) is 17.7 Å². The number of amides is 2. The highest BCUT2D eigenvalue weighted by Crippen LogP contribution is 2.24. The summed E-state index contributed by atoms with van der Waals surface area (Å²) in [5.74, 6) is 0.107. The van der Waals surface area contributed by atoms with E-state index in [9.17, 15) is 9.59 Å². The molecule has 3 aromatic carbocycles. The highest BCUT2D eigenvalue weighted by atomic mass is 32.2. The van der Waals surface area contributed by atoms with Gasteiger partial charge in [-0.1, -0.05) is 36.4 Å². The molecule has 26 heavy (non-hydrogen) atoms. The van der Waals surface area contributed by atoms with Gasteiger partial charge in [0.1, 0.15) is 5.75 Å². The molecule has 0 bridgehead atoms. The van der Waals surface area contributed by atoms with E-state index in [0.29, 0.717) is 17.2 Å². The number of nitrogens with one attached hydrogen (secondary N) is 1. The van der Waals surface area contributed by atoms with E-state index < -0.39 is 5.91 Å². The summed E-state index contributed by atoms with van der Waals surface area (Å²) in [6, 6.07) is 21.1. The third-order valence-corrected chi connectivity index (χ3v) is 4.58. The summed E-state index contributed by atoms with van der Waals surface area (Å²) >= 11 is 1.48. The summed E-state index contributed by atoms with van der Waals surface area (Å²) < 4.78 is 5.23. The Bertz CT molecular complexity index is 943. The van der Waals surface area contributed by atoms with Crippen molar-refractivity contribution in [2.45, 2.75) is 4.90 Å². The van der Waals surface area contributed by atoms with Crippen LogP contribution in [0.5, 0.6) is 5.75 Å². The number of hydrogen-bond donors (Lipinski definition) is 2. The second-order valence-electron chi connectivity index (χ2n) is 5.63. The number of carbonyl (C=O) groups is 2. The minimum atomic E-state index is -0.550. The zero-order chi connectivity index (χ0) is 18.4. The second-order valence-corrected chi connectivity index (χ2v) is 6.68. The fraction of sp³-hybridized carbons (Fsp3) is 0.100. The van der Waals surface area contributed by atoms with Crippen molar-refractivity contribution in [1.29, 1.82) is 0 Å². The fourth-order valence-electron chi connectivity index (χ4n) is 2.42. The van der Waals surface area contributed by atoms with Crippen molar-refractivity contribution in [3.05, 3.63) is 66.7 Å². The van der Waals surface area contributed by atoms with Crippen LogP contribution in [0.2, 0.25) is 0 Å². The van der Waals surface area contributed by atoms with Crippen LogP contribution in [0, 0.1) is 0 Å². The normalized spacial score (nSPS) is 10.5. The molecule has 0 radical (unpaired) electrons. The zero-order valence-electron chi connectivity index (χ0n) is 14.0. The summed E-state index contributed by atoms with van der Waals surface area (Å²) in [4.78, 5) is 24.0. The van der Waals surface area contributed by atoms with Crippen LogP contribution in [0.15, 0.2) is 71.6 Å². The Balaban J connectivity index is 1.56. The van der Waals surface area contributed by atoms with E-state index in [-0.39, 0.29) is 12.5 Å². The summed E-state index contributed by atoms with van der Waals surface area (Å²) in [5, 5.41) is 5.15. The van der Waals surface area contributed by atoms with E-state index in [2.05, 4.69) is 29.6 Å². The first-order chi connectivity index (χ1) is 12.6. The molecule has 0 saturated heterocycles. The minimum Gasteiger partial charge on any atom is -0.484 e. The van der Waals surface area contributed by atoms with Gasteiger partial charge in [0.15, 0.2) is 6.61 Å². The van der Waals surface area contributed by atoms with Gasteiger partial charge in [0.25, 0.3) is 5.91 Å². The second kappa shape index (κ2) is 8.40. The predicted octanol–water partition coefficient (Wildman–Crippen LogP) is 3.43. The SMILES string of the molecule is NC(=O)COc1cccc(NC(=O)CSc2ccc3ccccc3c2)c1. The molecule has 0 atom stereocenters. The molecule has 0 aromatic heterocycles. The van der Waals surface area contributed by atoms with Crippen LogP contribution < -0.4 is 15.8 Å². The standard InChI is InChI=1S/C20H18N2O3S/c21-19(23)12-25-17-7-3-6-16(11-17)22-20(24)13-26-18-9-8-14-4-1-2-5-15(14)10-18/h1-11H,12-13H2,(H2,21,23)(H,22,24). The molecule has 0 aliphatic carbocycles. The first-order valence-electron chi connectivity index (χ1n) is 8.03. The highest BCUT2D eigenvalue weighted by Gasteiger charge is 2.06. The van der Waals surface area contributed by atoms with Crippen molar-refractivity contribution < 1.29 is 14.3 Å². The third kappa shape index (κ3) is 5.00. The van der Waals surface area contributed by atoms with Crippen molar-refractivity contribution in [3.8, 4) is 5.75 Å². The summed E-state index contributed by atoms with van der Waals surface area (Å²) in [6.45, 7) is -0.199. The van der Waals surface area contributed by atoms with Crippen molar-refractivity contribution >= 4 is 40.0 Å². The number of rotatable bonds is 7. The van der Waals surface area contributed by atoms with Gasteiger partial charge in [-0.2, -0.15) is 0 Å². The van der Waals surface area contributed by atoms with Crippen LogP contribution in [-0.4, -0.2) is 24.2 Å². The van der Waals surface area contributed by atoms with Gasteiger partial charge in [-0.15, -0.1) is 11.8 Å². The van der Waals surface area contributed by atoms with Crippen LogP contribution >= 0.6 is 11.8 Å². The van der Waals surface area contributed by atoms with Crippen LogP contribution in [0.1, 0.15) is 0 Å². The van der Waals surface area contributed by atoms with E-state index in [1.54, 1.807) is 24.3 Å². The summed E-state index contributed by atoms with van der Waals surface area (Å²) in [5.41, 5.74) is 5.66. The third-order valence-electron chi connectivity index (χ3n) is 3.59. The van der Waals surface area contributed by atoms with Gasteiger partial charge >= 0.3 is 0 Å². The number of thioether (sulfide) groups is 1. The number of fused-ring (bicyclic) bond motifs is 1. The molecule has 6 heteroatoms. The molecular weight excluding hydrogens is 348 g/mol. The number of primary amides is 1. The van der Waals surface area contributed by atoms with Gasteiger partial charge in [0.2, 0.25) is 5.91 Å². The molecule has 0 heterocycles. The molecule has 0 saturated carbocycles. The monoisotopic (exact) mass is 366 g/mol. The molecule has 3 N–H and O–H groups in total. The van der Waals surface area contributed by atoms with Crippen LogP contribution in [0.3, 0.4) is 0 Å². The average molecular weight is 366 g/mol. The van der Waals surface area contributed by atoms with Gasteiger partial charge < -0.3 is 15.8 Å². The van der Waals surface area contributed by atoms with Crippen LogP contribution in [0.25, 0.3) is 10.8 Å². The number of hydrogen-bond acceptors (Lipinski definition) is 4. The molecule has 0 aliphatic heterocycles. The number of nitrogens with two attached hydrogens (primary N) is 1. The number of benzene rings is 3. The lowest BCUT2D eigenvalue weighted by Gasteiger charge is -2.08. The number of carbonyl (C=O) groups excluding carboxylic acids is 2. The Kier molecular flexibility index (Phi) is 5.76. The molecule has 2 amide bonds. The Morgan fingerprint density at radius 3 is 2.58 bits per heavy atom. The maximum absolute atomic E-state index is 12.2. The fourth-order valence-corrected chi connectivity index (χ4v) is 3.17. The first kappa shape index (κ1) is 17.8. The summed E-state index contributed by atoms with van der Waals surface area (Å²) in [6.07, 6.45) is 0. The highest BCUT2D eigenvalue weighted by molar-refractivity contribution is 8.00. The maximum atomic E-state index is 12.2. The van der Waals surface area contributed by atoms with E-state index in [1.165, 1.54) is 17.1 Å². The van der Waals surface area contributed by atoms with Crippen molar-refractivity contribution in [1.82, 2.24) is 0 Å². The van der Waals surface area contributed by atoms with E-state index >= 15 is 0 Å². The smallest absolute Gasteiger partial charge is 0.255 e. The topological polar surface area (TPSA) is 81.4 Å². The van der Waals surface area contributed by atoms with Gasteiger partial charge in [0.05, 0.1) is 5.75 Å². The summed E-state index contributed by atoms with van der Waals surface area (Å²) in [7, 11) is 0. The van der Waals surface area contributed by atoms with E-state index in [1.807, 2.05) is 18.2 Å². The number of anilines is 1. The lowest BCUT2D eigenvalue weighted by Crippen LogP contribution is -2.20. The van der Waals surface area contributed by atoms with Gasteiger partial charge in [0, 0.05) is 16.6 Å². The van der Waals surface area contributed by atoms with Crippen molar-refractivity contribution in [3.63, 3.8) is 0 Å². The van der Waals surface area contributed by atoms with E-state index in [0.717, 1.165) is 10.3 Å². The molecular formula is C20H18N2O3S. The first-order valence-corrected chi connectivity index (χ1v) is 9.01. The zero-order valence-corrected chi connectivity index (χ0v) is 14.8. The maximum Gasteiger partial charge on any atom is 0.255 e. The van der Waals surface area contributed by atoms with Crippen LogP contribution in [-0.2, 0) is 9.59 Å². The molecule has 3 rings (SSSR count). The van der Waals surface area contributed by atoms with Crippen LogP contribution in [0.4, 0.5) is 5.69 Å². The Morgan fingerprint density at radius 2 is 1.77 bits per heavy atom. The lowest BCUT2D eigenvalue weighted by molar-refractivity contribution is -0.120. The Labute approximate surface area is 155 Å². The average Bonchev–Trinajstić information content (AvgIpc) is 2.65. The predicted molar refractivity (Wildman–Crippen MR) is 104 cm³/mol. The van der Waals surface area contributed by atoms with E-state index in [4.69, 9.17) is 10.5 Å². The molecule has 0 aliphatic rings. The quantitative estimate of drug-likeness (QED) is 0.628. The van der Waals surface area contributed by atoms with Gasteiger partial charge in [-0.05, 0) is 35.0 Å².